The average molecular weight is 365 g/mol. The van der Waals surface area contributed by atoms with Crippen molar-refractivity contribution in [3.05, 3.63) is 35.2 Å². The van der Waals surface area contributed by atoms with Crippen molar-refractivity contribution in [3.8, 4) is 11.4 Å². The minimum Gasteiger partial charge on any atom is -0.338 e. The topological polar surface area (TPSA) is 107 Å². The van der Waals surface area contributed by atoms with E-state index in [1.165, 1.54) is 0 Å². The Labute approximate surface area is 133 Å². The van der Waals surface area contributed by atoms with E-state index in [2.05, 4.69) is 10.1 Å². The molecular weight excluding hydrogens is 352 g/mol. The van der Waals surface area contributed by atoms with Gasteiger partial charge in [-0.2, -0.15) is 4.98 Å². The first-order valence-electron chi connectivity index (χ1n) is 6.11. The number of hydrogen-bond donors (Lipinski definition) is 0. The molecule has 1 heterocycles. The second-order valence-electron chi connectivity index (χ2n) is 4.74. The van der Waals surface area contributed by atoms with E-state index >= 15 is 0 Å². The molecule has 0 aliphatic carbocycles. The zero-order valence-corrected chi connectivity index (χ0v) is 13.9. The highest BCUT2D eigenvalue weighted by molar-refractivity contribution is 7.94. The summed E-state index contributed by atoms with van der Waals surface area (Å²) in [7, 11) is -6.99. The molecular formula is C12H13ClN2O5S2. The predicted octanol–water partition coefficient (Wildman–Crippen LogP) is 1.35. The van der Waals surface area contributed by atoms with E-state index in [1.54, 1.807) is 24.3 Å². The maximum absolute atomic E-state index is 11.8. The van der Waals surface area contributed by atoms with Crippen LogP contribution in [0.2, 0.25) is 5.02 Å². The van der Waals surface area contributed by atoms with Crippen molar-refractivity contribution >= 4 is 31.3 Å². The number of hydrogen-bond acceptors (Lipinski definition) is 7. The molecule has 0 atom stereocenters. The van der Waals surface area contributed by atoms with Gasteiger partial charge in [0, 0.05) is 16.8 Å². The van der Waals surface area contributed by atoms with Crippen molar-refractivity contribution in [1.29, 1.82) is 0 Å². The van der Waals surface area contributed by atoms with Gasteiger partial charge < -0.3 is 4.52 Å². The molecule has 0 aliphatic rings. The third-order valence-electron chi connectivity index (χ3n) is 2.68. The van der Waals surface area contributed by atoms with E-state index in [-0.39, 0.29) is 11.7 Å². The van der Waals surface area contributed by atoms with E-state index in [1.807, 2.05) is 0 Å². The first kappa shape index (κ1) is 16.9. The van der Waals surface area contributed by atoms with Crippen molar-refractivity contribution in [1.82, 2.24) is 10.1 Å². The van der Waals surface area contributed by atoms with Crippen LogP contribution in [0, 0.1) is 0 Å². The summed E-state index contributed by atoms with van der Waals surface area (Å²) in [6.45, 7) is 0. The Morgan fingerprint density at radius 2 is 1.73 bits per heavy atom. The van der Waals surface area contributed by atoms with Crippen LogP contribution in [0.4, 0.5) is 0 Å². The fourth-order valence-electron chi connectivity index (χ4n) is 1.57. The van der Waals surface area contributed by atoms with Gasteiger partial charge in [-0.15, -0.1) is 0 Å². The van der Waals surface area contributed by atoms with Crippen molar-refractivity contribution in [2.24, 2.45) is 0 Å². The van der Waals surface area contributed by atoms with Crippen LogP contribution in [0.1, 0.15) is 5.89 Å². The number of nitrogens with zero attached hydrogens (tertiary/aromatic N) is 2. The van der Waals surface area contributed by atoms with Crippen LogP contribution in [0.25, 0.3) is 11.4 Å². The fraction of sp³-hybridized carbons (Fsp3) is 0.333. The number of halogens is 1. The van der Waals surface area contributed by atoms with Gasteiger partial charge in [0.15, 0.2) is 9.84 Å². The lowest BCUT2D eigenvalue weighted by atomic mass is 10.2. The average Bonchev–Trinajstić information content (AvgIpc) is 2.84. The van der Waals surface area contributed by atoms with Gasteiger partial charge >= 0.3 is 0 Å². The van der Waals surface area contributed by atoms with Gasteiger partial charge in [0.05, 0.1) is 11.5 Å². The lowest BCUT2D eigenvalue weighted by Crippen LogP contribution is -2.17. The third kappa shape index (κ3) is 5.08. The molecule has 0 fully saturated rings. The minimum absolute atomic E-state index is 0.0848. The molecule has 2 aromatic rings. The summed E-state index contributed by atoms with van der Waals surface area (Å²) in [4.78, 5) is 3.99. The normalized spacial score (nSPS) is 12.5. The van der Waals surface area contributed by atoms with E-state index in [9.17, 15) is 16.8 Å². The first-order valence-corrected chi connectivity index (χ1v) is 10.4. The van der Waals surface area contributed by atoms with E-state index in [0.717, 1.165) is 6.26 Å². The van der Waals surface area contributed by atoms with Gasteiger partial charge in [-0.05, 0) is 24.3 Å². The molecule has 0 N–H and O–H groups in total. The van der Waals surface area contributed by atoms with Crippen molar-refractivity contribution in [2.75, 3.05) is 17.8 Å². The Bertz CT molecular complexity index is 857. The Balaban J connectivity index is 2.10. The Hall–Kier alpha value is -1.45. The Kier molecular flexibility index (Phi) is 4.88. The SMILES string of the molecule is CS(=O)(=O)CCS(=O)(=O)Cc1nc(-c2ccc(Cl)cc2)no1. The molecule has 0 spiro atoms. The molecule has 0 unspecified atom stereocenters. The molecule has 1 aromatic heterocycles. The second-order valence-corrected chi connectivity index (χ2v) is 9.62. The third-order valence-corrected chi connectivity index (χ3v) is 5.65. The van der Waals surface area contributed by atoms with Gasteiger partial charge in [-0.1, -0.05) is 16.8 Å². The van der Waals surface area contributed by atoms with Crippen molar-refractivity contribution in [2.45, 2.75) is 5.75 Å². The summed E-state index contributed by atoms with van der Waals surface area (Å²) >= 11 is 5.77. The lowest BCUT2D eigenvalue weighted by Gasteiger charge is -1.99. The quantitative estimate of drug-likeness (QED) is 0.761. The van der Waals surface area contributed by atoms with Crippen LogP contribution in [0.15, 0.2) is 28.8 Å². The van der Waals surface area contributed by atoms with Crippen LogP contribution in [0.3, 0.4) is 0 Å². The summed E-state index contributed by atoms with van der Waals surface area (Å²) in [5.74, 6) is -1.26. The molecule has 0 bridgehead atoms. The maximum atomic E-state index is 11.8. The van der Waals surface area contributed by atoms with Crippen LogP contribution in [-0.2, 0) is 25.4 Å². The largest absolute Gasteiger partial charge is 0.338 e. The molecule has 1 aromatic carbocycles. The highest BCUT2D eigenvalue weighted by Crippen LogP contribution is 2.19. The number of rotatable bonds is 6. The van der Waals surface area contributed by atoms with Crippen LogP contribution >= 0.6 is 11.6 Å². The summed E-state index contributed by atoms with van der Waals surface area (Å²) in [5, 5.41) is 4.25. The van der Waals surface area contributed by atoms with Crippen LogP contribution in [-0.4, -0.2) is 44.7 Å². The van der Waals surface area contributed by atoms with Gasteiger partial charge in [0.2, 0.25) is 11.7 Å². The maximum Gasteiger partial charge on any atom is 0.242 e. The monoisotopic (exact) mass is 364 g/mol. The van der Waals surface area contributed by atoms with E-state index < -0.39 is 36.9 Å². The predicted molar refractivity (Wildman–Crippen MR) is 81.9 cm³/mol. The molecule has 0 aliphatic heterocycles. The van der Waals surface area contributed by atoms with Crippen LogP contribution in [0.5, 0.6) is 0 Å². The molecule has 0 saturated carbocycles. The van der Waals surface area contributed by atoms with Crippen molar-refractivity contribution in [3.63, 3.8) is 0 Å². The van der Waals surface area contributed by atoms with Gasteiger partial charge in [0.1, 0.15) is 15.6 Å². The number of sulfone groups is 2. The molecule has 2 rings (SSSR count). The second kappa shape index (κ2) is 6.35. The first-order chi connectivity index (χ1) is 10.1. The van der Waals surface area contributed by atoms with Gasteiger partial charge in [-0.3, -0.25) is 0 Å². The summed E-state index contributed by atoms with van der Waals surface area (Å²) < 4.78 is 50.6. The standard InChI is InChI=1S/C12H13ClN2O5S2/c1-21(16,17)6-7-22(18,19)8-11-14-12(15-20-11)9-2-4-10(13)5-3-9/h2-5H,6-8H2,1H3. The minimum atomic E-state index is -3.64. The van der Waals surface area contributed by atoms with Crippen LogP contribution < -0.4 is 0 Å². The molecule has 0 saturated heterocycles. The smallest absolute Gasteiger partial charge is 0.242 e. The molecule has 0 amide bonds. The number of benzene rings is 1. The molecule has 10 heteroatoms. The summed E-state index contributed by atoms with van der Waals surface area (Å²) in [6, 6.07) is 6.65. The fourth-order valence-corrected chi connectivity index (χ4v) is 4.56. The lowest BCUT2D eigenvalue weighted by molar-refractivity contribution is 0.389. The Morgan fingerprint density at radius 3 is 2.32 bits per heavy atom. The van der Waals surface area contributed by atoms with Crippen molar-refractivity contribution < 1.29 is 21.4 Å². The Morgan fingerprint density at radius 1 is 1.09 bits per heavy atom. The molecule has 0 radical (unpaired) electrons. The summed E-state index contributed by atoms with van der Waals surface area (Å²) in [5.41, 5.74) is 0.632. The number of aromatic nitrogens is 2. The highest BCUT2D eigenvalue weighted by Gasteiger charge is 2.20. The zero-order valence-electron chi connectivity index (χ0n) is 11.6. The molecule has 22 heavy (non-hydrogen) atoms. The van der Waals surface area contributed by atoms with Gasteiger partial charge in [0.25, 0.3) is 0 Å². The summed E-state index contributed by atoms with van der Waals surface area (Å²) in [6.07, 6.45) is 0.980. The van der Waals surface area contributed by atoms with Gasteiger partial charge in [-0.25, -0.2) is 16.8 Å². The van der Waals surface area contributed by atoms with E-state index in [4.69, 9.17) is 16.1 Å². The molecule has 7 nitrogen and oxygen atoms in total. The highest BCUT2D eigenvalue weighted by atomic mass is 35.5. The zero-order chi connectivity index (χ0) is 16.4. The molecule has 120 valence electrons. The van der Waals surface area contributed by atoms with E-state index in [0.29, 0.717) is 10.6 Å².